The minimum atomic E-state index is -0.930. The van der Waals surface area contributed by atoms with E-state index in [4.69, 9.17) is 0 Å². The Morgan fingerprint density at radius 1 is 1.42 bits per heavy atom. The van der Waals surface area contributed by atoms with E-state index >= 15 is 0 Å². The van der Waals surface area contributed by atoms with Gasteiger partial charge in [-0.3, -0.25) is 9.89 Å². The minimum Gasteiger partial charge on any atom is -0.386 e. The van der Waals surface area contributed by atoms with Gasteiger partial charge in [0.25, 0.3) is 0 Å². The molecule has 0 aliphatic carbocycles. The van der Waals surface area contributed by atoms with Crippen LogP contribution >= 0.6 is 0 Å². The van der Waals surface area contributed by atoms with E-state index in [0.29, 0.717) is 25.9 Å². The molecule has 2 N–H and O–H groups in total. The fourth-order valence-corrected chi connectivity index (χ4v) is 3.63. The number of piperidine rings is 1. The summed E-state index contributed by atoms with van der Waals surface area (Å²) in [4.78, 5) is 20.7. The van der Waals surface area contributed by atoms with Gasteiger partial charge in [0.2, 0.25) is 5.91 Å². The second kappa shape index (κ2) is 7.45. The van der Waals surface area contributed by atoms with Gasteiger partial charge in [0.05, 0.1) is 24.3 Å². The standard InChI is InChI=1S/C19H27N5O2/c1-14-16(15(2)22-21-14)11-18(25)23(3)12-19(26)8-6-10-24(13-19)17-7-4-5-9-20-17/h4-5,7,9,26H,6,8,10-13H2,1-3H3,(H,21,22)/t19-/m1/s1. The number of β-amino-alcohol motifs (C(OH)–C–C–N with tert-alkyl or cyclic N) is 1. The molecule has 3 heterocycles. The second-order valence-corrected chi connectivity index (χ2v) is 7.28. The van der Waals surface area contributed by atoms with Crippen LogP contribution in [0.3, 0.4) is 0 Å². The second-order valence-electron chi connectivity index (χ2n) is 7.28. The molecule has 140 valence electrons. The van der Waals surface area contributed by atoms with E-state index < -0.39 is 5.60 Å². The molecule has 1 aliphatic heterocycles. The van der Waals surface area contributed by atoms with Gasteiger partial charge in [0.1, 0.15) is 5.82 Å². The maximum absolute atomic E-state index is 12.6. The summed E-state index contributed by atoms with van der Waals surface area (Å²) in [6.45, 7) is 5.47. The molecule has 0 radical (unpaired) electrons. The lowest BCUT2D eigenvalue weighted by Gasteiger charge is -2.41. The van der Waals surface area contributed by atoms with Gasteiger partial charge in [-0.15, -0.1) is 0 Å². The first-order valence-electron chi connectivity index (χ1n) is 9.01. The molecule has 1 saturated heterocycles. The Morgan fingerprint density at radius 2 is 2.23 bits per heavy atom. The van der Waals surface area contributed by atoms with E-state index in [0.717, 1.165) is 35.7 Å². The maximum atomic E-state index is 12.6. The number of carbonyl (C=O) groups excluding carboxylic acids is 1. The fraction of sp³-hybridized carbons (Fsp3) is 0.526. The lowest BCUT2D eigenvalue weighted by molar-refractivity contribution is -0.132. The van der Waals surface area contributed by atoms with Gasteiger partial charge in [-0.25, -0.2) is 4.98 Å². The average molecular weight is 357 g/mol. The highest BCUT2D eigenvalue weighted by atomic mass is 16.3. The first-order valence-corrected chi connectivity index (χ1v) is 9.01. The third-order valence-corrected chi connectivity index (χ3v) is 5.09. The number of amides is 1. The summed E-state index contributed by atoms with van der Waals surface area (Å²) in [5, 5.41) is 18.1. The number of hydrogen-bond acceptors (Lipinski definition) is 5. The Kier molecular flexibility index (Phi) is 5.27. The molecule has 0 unspecified atom stereocenters. The fourth-order valence-electron chi connectivity index (χ4n) is 3.63. The maximum Gasteiger partial charge on any atom is 0.226 e. The third kappa shape index (κ3) is 4.04. The van der Waals surface area contributed by atoms with Crippen molar-refractivity contribution in [2.24, 2.45) is 0 Å². The Balaban J connectivity index is 1.64. The average Bonchev–Trinajstić information content (AvgIpc) is 2.94. The quantitative estimate of drug-likeness (QED) is 0.846. The molecule has 26 heavy (non-hydrogen) atoms. The highest BCUT2D eigenvalue weighted by molar-refractivity contribution is 5.79. The number of nitrogens with one attached hydrogen (secondary N) is 1. The molecule has 1 atom stereocenters. The van der Waals surface area contributed by atoms with Crippen LogP contribution in [0.1, 0.15) is 29.8 Å². The summed E-state index contributed by atoms with van der Waals surface area (Å²) in [6.07, 6.45) is 3.60. The smallest absolute Gasteiger partial charge is 0.226 e. The lowest BCUT2D eigenvalue weighted by atomic mass is 9.92. The molecule has 0 aromatic carbocycles. The lowest BCUT2D eigenvalue weighted by Crippen LogP contribution is -2.55. The van der Waals surface area contributed by atoms with E-state index in [1.165, 1.54) is 0 Å². The number of nitrogens with zero attached hydrogens (tertiary/aromatic N) is 4. The molecule has 3 rings (SSSR count). The van der Waals surface area contributed by atoms with Crippen molar-refractivity contribution in [2.75, 3.05) is 31.6 Å². The van der Waals surface area contributed by atoms with Crippen molar-refractivity contribution in [2.45, 2.75) is 38.7 Å². The monoisotopic (exact) mass is 357 g/mol. The number of anilines is 1. The zero-order valence-corrected chi connectivity index (χ0v) is 15.7. The first-order chi connectivity index (χ1) is 12.4. The summed E-state index contributed by atoms with van der Waals surface area (Å²) in [7, 11) is 1.75. The van der Waals surface area contributed by atoms with Crippen molar-refractivity contribution in [3.8, 4) is 0 Å². The van der Waals surface area contributed by atoms with E-state index in [1.807, 2.05) is 32.0 Å². The van der Waals surface area contributed by atoms with Gasteiger partial charge in [0.15, 0.2) is 0 Å². The highest BCUT2D eigenvalue weighted by Gasteiger charge is 2.36. The molecule has 0 spiro atoms. The SMILES string of the molecule is Cc1n[nH]c(C)c1CC(=O)N(C)C[C@]1(O)CCCN(c2ccccn2)C1. The molecule has 1 amide bonds. The predicted octanol–water partition coefficient (Wildman–Crippen LogP) is 1.45. The topological polar surface area (TPSA) is 85.3 Å². The van der Waals surface area contributed by atoms with Crippen LogP contribution in [0, 0.1) is 13.8 Å². The van der Waals surface area contributed by atoms with Crippen LogP contribution < -0.4 is 4.90 Å². The number of likely N-dealkylation sites (N-methyl/N-ethyl adjacent to an activating group) is 1. The third-order valence-electron chi connectivity index (χ3n) is 5.09. The number of aliphatic hydroxyl groups is 1. The van der Waals surface area contributed by atoms with Crippen LogP contribution in [-0.2, 0) is 11.2 Å². The number of hydrogen-bond donors (Lipinski definition) is 2. The molecular formula is C19H27N5O2. The van der Waals surface area contributed by atoms with Gasteiger partial charge in [0, 0.05) is 37.6 Å². The molecule has 1 aliphatic rings. The summed E-state index contributed by atoms with van der Waals surface area (Å²) in [6, 6.07) is 5.78. The largest absolute Gasteiger partial charge is 0.386 e. The summed E-state index contributed by atoms with van der Waals surface area (Å²) < 4.78 is 0. The van der Waals surface area contributed by atoms with Crippen molar-refractivity contribution in [1.82, 2.24) is 20.1 Å². The normalized spacial score (nSPS) is 20.2. The molecule has 2 aromatic rings. The number of H-pyrrole nitrogens is 1. The first kappa shape index (κ1) is 18.4. The number of pyridine rings is 1. The minimum absolute atomic E-state index is 0.0130. The number of aromatic amines is 1. The van der Waals surface area contributed by atoms with Crippen molar-refractivity contribution < 1.29 is 9.90 Å². The predicted molar refractivity (Wildman–Crippen MR) is 100 cm³/mol. The van der Waals surface area contributed by atoms with Crippen LogP contribution in [-0.4, -0.2) is 63.4 Å². The molecule has 2 aromatic heterocycles. The van der Waals surface area contributed by atoms with Gasteiger partial charge in [-0.1, -0.05) is 6.07 Å². The van der Waals surface area contributed by atoms with E-state index in [-0.39, 0.29) is 5.91 Å². The van der Waals surface area contributed by atoms with Gasteiger partial charge in [-0.05, 0) is 38.8 Å². The van der Waals surface area contributed by atoms with E-state index in [1.54, 1.807) is 18.1 Å². The number of carbonyl (C=O) groups is 1. The number of aromatic nitrogens is 3. The van der Waals surface area contributed by atoms with E-state index in [9.17, 15) is 9.90 Å². The molecule has 7 heteroatoms. The van der Waals surface area contributed by atoms with Gasteiger partial charge < -0.3 is 14.9 Å². The van der Waals surface area contributed by atoms with Crippen molar-refractivity contribution in [1.29, 1.82) is 0 Å². The van der Waals surface area contributed by atoms with Crippen LogP contribution in [0.25, 0.3) is 0 Å². The summed E-state index contributed by atoms with van der Waals surface area (Å²) in [5.74, 6) is 0.852. The van der Waals surface area contributed by atoms with Crippen molar-refractivity contribution >= 4 is 11.7 Å². The Morgan fingerprint density at radius 3 is 2.88 bits per heavy atom. The van der Waals surface area contributed by atoms with Crippen molar-refractivity contribution in [3.05, 3.63) is 41.3 Å². The Labute approximate surface area is 154 Å². The molecule has 0 bridgehead atoms. The van der Waals surface area contributed by atoms with Gasteiger partial charge in [-0.2, -0.15) is 5.10 Å². The molecule has 0 saturated carbocycles. The van der Waals surface area contributed by atoms with Gasteiger partial charge >= 0.3 is 0 Å². The number of aryl methyl sites for hydroxylation is 2. The summed E-state index contributed by atoms with van der Waals surface area (Å²) >= 11 is 0. The highest BCUT2D eigenvalue weighted by Crippen LogP contribution is 2.25. The number of rotatable bonds is 5. The van der Waals surface area contributed by atoms with E-state index in [2.05, 4.69) is 20.1 Å². The molecule has 7 nitrogen and oxygen atoms in total. The van der Waals surface area contributed by atoms with Crippen LogP contribution in [0.15, 0.2) is 24.4 Å². The Hall–Kier alpha value is -2.41. The van der Waals surface area contributed by atoms with Crippen LogP contribution in [0.4, 0.5) is 5.82 Å². The van der Waals surface area contributed by atoms with Crippen molar-refractivity contribution in [3.63, 3.8) is 0 Å². The zero-order chi connectivity index (χ0) is 18.7. The summed E-state index contributed by atoms with van der Waals surface area (Å²) in [5.41, 5.74) is 1.78. The zero-order valence-electron chi connectivity index (χ0n) is 15.7. The van der Waals surface area contributed by atoms with Crippen LogP contribution in [0.2, 0.25) is 0 Å². The van der Waals surface area contributed by atoms with Crippen LogP contribution in [0.5, 0.6) is 0 Å². The Bertz CT molecular complexity index is 741. The molecule has 1 fully saturated rings. The molecular weight excluding hydrogens is 330 g/mol.